The van der Waals surface area contributed by atoms with E-state index in [-0.39, 0.29) is 5.91 Å². The van der Waals surface area contributed by atoms with Crippen LogP contribution in [0.5, 0.6) is 0 Å². The van der Waals surface area contributed by atoms with Crippen molar-refractivity contribution >= 4 is 5.91 Å². The highest BCUT2D eigenvalue weighted by Crippen LogP contribution is 2.00. The summed E-state index contributed by atoms with van der Waals surface area (Å²) in [5.41, 5.74) is 2.02. The molecule has 2 aromatic rings. The molecule has 0 bridgehead atoms. The van der Waals surface area contributed by atoms with Gasteiger partial charge < -0.3 is 5.32 Å². The average Bonchev–Trinajstić information content (AvgIpc) is 2.39. The van der Waals surface area contributed by atoms with Crippen LogP contribution in [0.4, 0.5) is 0 Å². The molecule has 17 heavy (non-hydrogen) atoms. The Morgan fingerprint density at radius 1 is 1.06 bits per heavy atom. The summed E-state index contributed by atoms with van der Waals surface area (Å²) >= 11 is 0. The molecule has 0 aliphatic heterocycles. The minimum absolute atomic E-state index is 0.0244. The summed E-state index contributed by atoms with van der Waals surface area (Å²) in [6.45, 7) is 0.576. The highest BCUT2D eigenvalue weighted by molar-refractivity contribution is 5.78. The Morgan fingerprint density at radius 2 is 1.82 bits per heavy atom. The van der Waals surface area contributed by atoms with E-state index in [1.165, 1.54) is 0 Å². The summed E-state index contributed by atoms with van der Waals surface area (Å²) < 4.78 is 0. The first-order valence-corrected chi connectivity index (χ1v) is 5.61. The molecule has 1 amide bonds. The van der Waals surface area contributed by atoms with Gasteiger partial charge in [-0.2, -0.15) is 0 Å². The molecule has 1 N–H and O–H groups in total. The number of amides is 1. The topological polar surface area (TPSA) is 29.1 Å². The van der Waals surface area contributed by atoms with E-state index in [0.29, 0.717) is 13.0 Å². The van der Waals surface area contributed by atoms with Crippen LogP contribution in [0.1, 0.15) is 11.1 Å². The molecule has 0 unspecified atom stereocenters. The van der Waals surface area contributed by atoms with Crippen molar-refractivity contribution < 1.29 is 4.79 Å². The van der Waals surface area contributed by atoms with Gasteiger partial charge in [0.1, 0.15) is 0 Å². The molecule has 0 aromatic heterocycles. The predicted molar refractivity (Wildman–Crippen MR) is 67.3 cm³/mol. The largest absolute Gasteiger partial charge is 0.352 e. The summed E-state index contributed by atoms with van der Waals surface area (Å²) in [5, 5.41) is 2.89. The smallest absolute Gasteiger partial charge is 0.224 e. The lowest BCUT2D eigenvalue weighted by Gasteiger charge is -2.05. The minimum atomic E-state index is 0.0244. The van der Waals surface area contributed by atoms with Gasteiger partial charge in [-0.1, -0.05) is 54.6 Å². The van der Waals surface area contributed by atoms with Gasteiger partial charge >= 0.3 is 0 Å². The summed E-state index contributed by atoms with van der Waals surface area (Å²) in [6, 6.07) is 20.4. The van der Waals surface area contributed by atoms with Crippen molar-refractivity contribution in [2.24, 2.45) is 0 Å². The standard InChI is InChI=1S/C15H14NO/c17-15(11-13-7-3-1-4-8-13)16-12-14-9-5-2-6-10-14/h1-7,9-10H,11-12H2,(H,16,17). The molecule has 0 saturated heterocycles. The highest BCUT2D eigenvalue weighted by atomic mass is 16.1. The monoisotopic (exact) mass is 224 g/mol. The fourth-order valence-electron chi connectivity index (χ4n) is 1.57. The average molecular weight is 224 g/mol. The molecule has 0 spiro atoms. The first-order chi connectivity index (χ1) is 8.34. The molecule has 0 fully saturated rings. The van der Waals surface area contributed by atoms with Crippen molar-refractivity contribution in [1.82, 2.24) is 5.32 Å². The summed E-state index contributed by atoms with van der Waals surface area (Å²) in [6.07, 6.45) is 0.383. The zero-order valence-electron chi connectivity index (χ0n) is 9.52. The van der Waals surface area contributed by atoms with Crippen LogP contribution in [0.25, 0.3) is 0 Å². The molecule has 0 heterocycles. The van der Waals surface area contributed by atoms with Crippen molar-refractivity contribution in [3.8, 4) is 0 Å². The molecule has 2 rings (SSSR count). The van der Waals surface area contributed by atoms with Gasteiger partial charge in [0.05, 0.1) is 6.42 Å². The van der Waals surface area contributed by atoms with Crippen LogP contribution in [-0.2, 0) is 17.8 Å². The van der Waals surface area contributed by atoms with Gasteiger partial charge in [0.25, 0.3) is 0 Å². The molecule has 0 aliphatic rings. The Kier molecular flexibility index (Phi) is 3.92. The van der Waals surface area contributed by atoms with Gasteiger partial charge in [-0.05, 0) is 17.2 Å². The minimum Gasteiger partial charge on any atom is -0.352 e. The second kappa shape index (κ2) is 5.85. The third-order valence-electron chi connectivity index (χ3n) is 2.46. The molecule has 0 atom stereocenters. The molecule has 85 valence electrons. The van der Waals surface area contributed by atoms with Gasteiger partial charge in [0.15, 0.2) is 0 Å². The zero-order chi connectivity index (χ0) is 11.9. The number of benzene rings is 2. The van der Waals surface area contributed by atoms with Gasteiger partial charge in [-0.15, -0.1) is 0 Å². The van der Waals surface area contributed by atoms with Crippen molar-refractivity contribution in [3.63, 3.8) is 0 Å². The van der Waals surface area contributed by atoms with Gasteiger partial charge in [-0.25, -0.2) is 0 Å². The van der Waals surface area contributed by atoms with E-state index in [1.54, 1.807) is 0 Å². The van der Waals surface area contributed by atoms with Crippen molar-refractivity contribution in [2.45, 2.75) is 13.0 Å². The van der Waals surface area contributed by atoms with Gasteiger partial charge in [0, 0.05) is 6.54 Å². The predicted octanol–water partition coefficient (Wildman–Crippen LogP) is 2.35. The van der Waals surface area contributed by atoms with Crippen molar-refractivity contribution in [3.05, 3.63) is 71.8 Å². The summed E-state index contributed by atoms with van der Waals surface area (Å²) in [4.78, 5) is 11.7. The highest BCUT2D eigenvalue weighted by Gasteiger charge is 2.02. The number of carbonyl (C=O) groups excluding carboxylic acids is 1. The van der Waals surface area contributed by atoms with Crippen molar-refractivity contribution in [2.75, 3.05) is 0 Å². The molecule has 2 heteroatoms. The summed E-state index contributed by atoms with van der Waals surface area (Å²) in [5.74, 6) is 0.0244. The second-order valence-electron chi connectivity index (χ2n) is 3.83. The molecule has 1 radical (unpaired) electrons. The number of hydrogen-bond acceptors (Lipinski definition) is 1. The number of carbonyl (C=O) groups is 1. The van der Waals surface area contributed by atoms with E-state index in [0.717, 1.165) is 11.1 Å². The number of rotatable bonds is 4. The maximum Gasteiger partial charge on any atom is 0.224 e. The van der Waals surface area contributed by atoms with Crippen molar-refractivity contribution in [1.29, 1.82) is 0 Å². The lowest BCUT2D eigenvalue weighted by Crippen LogP contribution is -2.24. The lowest BCUT2D eigenvalue weighted by molar-refractivity contribution is -0.120. The quantitative estimate of drug-likeness (QED) is 0.848. The number of nitrogens with one attached hydrogen (secondary N) is 1. The third kappa shape index (κ3) is 3.76. The van der Waals surface area contributed by atoms with Gasteiger partial charge in [0.2, 0.25) is 5.91 Å². The van der Waals surface area contributed by atoms with Crippen LogP contribution in [-0.4, -0.2) is 5.91 Å². The van der Waals surface area contributed by atoms with Crippen LogP contribution >= 0.6 is 0 Å². The fraction of sp³-hybridized carbons (Fsp3) is 0.133. The molecule has 0 aliphatic carbocycles. The third-order valence-corrected chi connectivity index (χ3v) is 2.46. The van der Waals surface area contributed by atoms with E-state index in [4.69, 9.17) is 0 Å². The second-order valence-corrected chi connectivity index (χ2v) is 3.83. The van der Waals surface area contributed by atoms with E-state index < -0.39 is 0 Å². The fourth-order valence-corrected chi connectivity index (χ4v) is 1.57. The molecular weight excluding hydrogens is 210 g/mol. The van der Waals surface area contributed by atoms with E-state index >= 15 is 0 Å². The first-order valence-electron chi connectivity index (χ1n) is 5.61. The van der Waals surface area contributed by atoms with Gasteiger partial charge in [-0.3, -0.25) is 4.79 Å². The SMILES string of the molecule is O=C(Cc1[c]cccc1)NCc1ccccc1. The maximum absolute atomic E-state index is 11.7. The molecular formula is C15H14NO. The zero-order valence-corrected chi connectivity index (χ0v) is 9.52. The van der Waals surface area contributed by atoms with Crippen LogP contribution in [0.3, 0.4) is 0 Å². The Bertz CT molecular complexity index is 465. The normalized spacial score (nSPS) is 9.88. The van der Waals surface area contributed by atoms with Crippen LogP contribution in [0.2, 0.25) is 0 Å². The van der Waals surface area contributed by atoms with Crippen LogP contribution in [0, 0.1) is 6.07 Å². The number of hydrogen-bond donors (Lipinski definition) is 1. The Morgan fingerprint density at radius 3 is 2.53 bits per heavy atom. The summed E-state index contributed by atoms with van der Waals surface area (Å²) in [7, 11) is 0. The van der Waals surface area contributed by atoms with Crippen LogP contribution in [0.15, 0.2) is 54.6 Å². The molecule has 2 nitrogen and oxygen atoms in total. The first kappa shape index (κ1) is 11.4. The maximum atomic E-state index is 11.7. The lowest BCUT2D eigenvalue weighted by atomic mass is 10.1. The Balaban J connectivity index is 1.83. The Labute approximate surface area is 101 Å². The van der Waals surface area contributed by atoms with Crippen LogP contribution < -0.4 is 5.32 Å². The van der Waals surface area contributed by atoms with E-state index in [2.05, 4.69) is 11.4 Å². The van der Waals surface area contributed by atoms with E-state index in [9.17, 15) is 4.79 Å². The van der Waals surface area contributed by atoms with E-state index in [1.807, 2.05) is 54.6 Å². The molecule has 0 saturated carbocycles. The molecule has 2 aromatic carbocycles. The Hall–Kier alpha value is -2.09.